The number of esters is 1. The van der Waals surface area contributed by atoms with E-state index in [0.717, 1.165) is 11.8 Å². The van der Waals surface area contributed by atoms with E-state index in [1.54, 1.807) is 25.7 Å². The molecule has 1 aliphatic rings. The molecule has 0 bridgehead atoms. The van der Waals surface area contributed by atoms with Crippen LogP contribution in [0.15, 0.2) is 34.6 Å². The molecular formula is C28H35N5O6S. The van der Waals surface area contributed by atoms with Crippen LogP contribution in [-0.4, -0.2) is 67.4 Å². The van der Waals surface area contributed by atoms with Crippen molar-refractivity contribution < 1.29 is 24.5 Å². The average Bonchev–Trinajstić information content (AvgIpc) is 3.33. The quantitative estimate of drug-likeness (QED) is 0.312. The Kier molecular flexibility index (Phi) is 8.16. The molecule has 0 radical (unpaired) electrons. The summed E-state index contributed by atoms with van der Waals surface area (Å²) in [6.07, 6.45) is 2.30. The lowest BCUT2D eigenvalue weighted by atomic mass is 9.93. The summed E-state index contributed by atoms with van der Waals surface area (Å²) in [4.78, 5) is 49.8. The summed E-state index contributed by atoms with van der Waals surface area (Å²) in [5.74, 6) is -0.803. The first-order valence-corrected chi connectivity index (χ1v) is 13.9. The van der Waals surface area contributed by atoms with Crippen LogP contribution in [0.5, 0.6) is 0 Å². The van der Waals surface area contributed by atoms with Crippen LogP contribution in [0.2, 0.25) is 0 Å². The Morgan fingerprint density at radius 2 is 1.88 bits per heavy atom. The van der Waals surface area contributed by atoms with Gasteiger partial charge in [-0.05, 0) is 45.4 Å². The molecule has 40 heavy (non-hydrogen) atoms. The first-order chi connectivity index (χ1) is 18.6. The molecule has 12 heteroatoms. The standard InChI is InChI=1S/C28H35N5O6S/c1-27(2,3)20-15-40-26(29-20)31-24(37)16-9-12-33-21(13-16)30-23(32-11-10-18(34)19(35)14-32)17(25(33)38)7-8-22(36)39-28(4,5)6/h7-9,12-13,15,18-19,34-35H,10-11,14H2,1-6H3,(H,29,31,37). The SMILES string of the molecule is CC(C)(C)OC(=O)C=Cc1c(N2CCC(O)C(O)C2)nc2cc(C(=O)Nc3nc(C(C)(C)C)cs3)ccn2c1=O. The molecule has 3 N–H and O–H groups in total. The number of nitrogens with one attached hydrogen (secondary N) is 1. The molecule has 2 unspecified atom stereocenters. The van der Waals surface area contributed by atoms with Gasteiger partial charge in [0, 0.05) is 41.7 Å². The molecule has 0 saturated carbocycles. The highest BCUT2D eigenvalue weighted by Gasteiger charge is 2.29. The van der Waals surface area contributed by atoms with Crippen molar-refractivity contribution in [2.75, 3.05) is 23.3 Å². The fourth-order valence-corrected chi connectivity index (χ4v) is 5.04. The topological polar surface area (TPSA) is 146 Å². The van der Waals surface area contributed by atoms with E-state index in [2.05, 4.69) is 15.3 Å². The van der Waals surface area contributed by atoms with Crippen molar-refractivity contribution in [3.05, 3.63) is 57.0 Å². The van der Waals surface area contributed by atoms with E-state index in [4.69, 9.17) is 4.74 Å². The van der Waals surface area contributed by atoms with Crippen molar-refractivity contribution in [2.24, 2.45) is 0 Å². The number of hydrogen-bond donors (Lipinski definition) is 3. The lowest BCUT2D eigenvalue weighted by Gasteiger charge is -2.34. The number of hydrogen-bond acceptors (Lipinski definition) is 10. The Balaban J connectivity index is 1.72. The van der Waals surface area contributed by atoms with Crippen molar-refractivity contribution in [1.29, 1.82) is 0 Å². The first kappa shape index (κ1) is 29.4. The van der Waals surface area contributed by atoms with Gasteiger partial charge >= 0.3 is 5.97 Å². The van der Waals surface area contributed by atoms with Gasteiger partial charge in [-0.1, -0.05) is 20.8 Å². The number of aliphatic hydroxyl groups excluding tert-OH is 2. The number of aromatic nitrogens is 3. The van der Waals surface area contributed by atoms with Gasteiger partial charge in [-0.15, -0.1) is 11.3 Å². The molecule has 214 valence electrons. The molecule has 1 amide bonds. The zero-order valence-electron chi connectivity index (χ0n) is 23.5. The van der Waals surface area contributed by atoms with Gasteiger partial charge in [0.25, 0.3) is 11.5 Å². The Bertz CT molecular complexity index is 1510. The number of piperidine rings is 1. The smallest absolute Gasteiger partial charge is 0.331 e. The van der Waals surface area contributed by atoms with Crippen LogP contribution >= 0.6 is 11.3 Å². The number of anilines is 2. The number of ether oxygens (including phenoxy) is 1. The zero-order valence-corrected chi connectivity index (χ0v) is 24.3. The molecule has 0 aromatic carbocycles. The number of carbonyl (C=O) groups is 2. The second kappa shape index (κ2) is 11.1. The highest BCUT2D eigenvalue weighted by Crippen LogP contribution is 2.27. The first-order valence-electron chi connectivity index (χ1n) is 13.0. The predicted molar refractivity (Wildman–Crippen MR) is 154 cm³/mol. The number of fused-ring (bicyclic) bond motifs is 1. The summed E-state index contributed by atoms with van der Waals surface area (Å²) >= 11 is 1.33. The van der Waals surface area contributed by atoms with E-state index in [9.17, 15) is 24.6 Å². The Labute approximate surface area is 236 Å². The molecule has 0 spiro atoms. The van der Waals surface area contributed by atoms with Gasteiger partial charge in [0.1, 0.15) is 17.1 Å². The van der Waals surface area contributed by atoms with Gasteiger partial charge in [-0.25, -0.2) is 14.8 Å². The van der Waals surface area contributed by atoms with E-state index in [-0.39, 0.29) is 41.0 Å². The van der Waals surface area contributed by atoms with Gasteiger partial charge in [0.2, 0.25) is 0 Å². The van der Waals surface area contributed by atoms with Gasteiger partial charge < -0.3 is 19.8 Å². The summed E-state index contributed by atoms with van der Waals surface area (Å²) in [6, 6.07) is 3.00. The lowest BCUT2D eigenvalue weighted by molar-refractivity contribution is -0.148. The van der Waals surface area contributed by atoms with Crippen LogP contribution in [0.4, 0.5) is 10.9 Å². The molecular weight excluding hydrogens is 534 g/mol. The molecule has 1 aliphatic heterocycles. The Morgan fingerprint density at radius 3 is 2.50 bits per heavy atom. The lowest BCUT2D eigenvalue weighted by Crippen LogP contribution is -2.47. The fraction of sp³-hybridized carbons (Fsp3) is 0.464. The molecule has 2 atom stereocenters. The summed E-state index contributed by atoms with van der Waals surface area (Å²) in [7, 11) is 0. The number of nitrogens with zero attached hydrogens (tertiary/aromatic N) is 4. The summed E-state index contributed by atoms with van der Waals surface area (Å²) in [6.45, 7) is 11.7. The second-order valence-electron chi connectivity index (χ2n) is 11.8. The maximum Gasteiger partial charge on any atom is 0.331 e. The largest absolute Gasteiger partial charge is 0.457 e. The van der Waals surface area contributed by atoms with Crippen molar-refractivity contribution in [1.82, 2.24) is 14.4 Å². The number of amides is 1. The Morgan fingerprint density at radius 1 is 1.15 bits per heavy atom. The maximum atomic E-state index is 13.6. The van der Waals surface area contributed by atoms with Crippen LogP contribution < -0.4 is 15.8 Å². The van der Waals surface area contributed by atoms with Crippen molar-refractivity contribution in [3.8, 4) is 0 Å². The zero-order chi connectivity index (χ0) is 29.4. The number of thiazole rings is 1. The van der Waals surface area contributed by atoms with E-state index in [1.807, 2.05) is 26.2 Å². The molecule has 0 aliphatic carbocycles. The van der Waals surface area contributed by atoms with Crippen molar-refractivity contribution in [2.45, 2.75) is 71.2 Å². The maximum absolute atomic E-state index is 13.6. The van der Waals surface area contributed by atoms with Crippen LogP contribution in [0.3, 0.4) is 0 Å². The van der Waals surface area contributed by atoms with Gasteiger partial charge in [0.05, 0.1) is 23.5 Å². The molecule has 3 aromatic rings. The monoisotopic (exact) mass is 569 g/mol. The molecule has 3 aromatic heterocycles. The number of carbonyl (C=O) groups excluding carboxylic acids is 2. The van der Waals surface area contributed by atoms with E-state index >= 15 is 0 Å². The number of pyridine rings is 1. The third-order valence-electron chi connectivity index (χ3n) is 6.24. The Hall–Kier alpha value is -3.61. The minimum Gasteiger partial charge on any atom is -0.457 e. The van der Waals surface area contributed by atoms with Crippen LogP contribution in [0.25, 0.3) is 11.7 Å². The van der Waals surface area contributed by atoms with Gasteiger partial charge in [-0.2, -0.15) is 0 Å². The van der Waals surface area contributed by atoms with Crippen molar-refractivity contribution >= 4 is 45.9 Å². The highest BCUT2D eigenvalue weighted by molar-refractivity contribution is 7.14. The molecule has 4 rings (SSSR count). The van der Waals surface area contributed by atoms with Crippen LogP contribution in [-0.2, 0) is 14.9 Å². The average molecular weight is 570 g/mol. The van der Waals surface area contributed by atoms with Crippen LogP contribution in [0, 0.1) is 0 Å². The third-order valence-corrected chi connectivity index (χ3v) is 7.00. The number of β-amino-alcohol motifs (C(OH)–C–C–N with tert-alkyl or cyclic N) is 1. The molecule has 1 fully saturated rings. The van der Waals surface area contributed by atoms with E-state index in [0.29, 0.717) is 11.7 Å². The second-order valence-corrected chi connectivity index (χ2v) is 12.6. The molecule has 1 saturated heterocycles. The van der Waals surface area contributed by atoms with E-state index < -0.39 is 35.2 Å². The van der Waals surface area contributed by atoms with Gasteiger partial charge in [0.15, 0.2) is 5.13 Å². The number of aliphatic hydroxyl groups is 2. The normalized spacial score (nSPS) is 18.4. The summed E-state index contributed by atoms with van der Waals surface area (Å²) < 4.78 is 6.61. The third kappa shape index (κ3) is 6.75. The summed E-state index contributed by atoms with van der Waals surface area (Å²) in [5, 5.41) is 25.5. The fourth-order valence-electron chi connectivity index (χ4n) is 4.11. The van der Waals surface area contributed by atoms with E-state index in [1.165, 1.54) is 40.1 Å². The summed E-state index contributed by atoms with van der Waals surface area (Å²) in [5.41, 5.74) is 0.123. The molecule has 11 nitrogen and oxygen atoms in total. The number of rotatable bonds is 5. The predicted octanol–water partition coefficient (Wildman–Crippen LogP) is 2.99. The highest BCUT2D eigenvalue weighted by atomic mass is 32.1. The van der Waals surface area contributed by atoms with Crippen molar-refractivity contribution in [3.63, 3.8) is 0 Å². The van der Waals surface area contributed by atoms with Gasteiger partial charge in [-0.3, -0.25) is 19.3 Å². The minimum absolute atomic E-state index is 0.0391. The minimum atomic E-state index is -1.04. The van der Waals surface area contributed by atoms with Crippen LogP contribution in [0.1, 0.15) is 69.6 Å². The molecule has 4 heterocycles.